The molecule has 1 amide bonds. The Kier molecular flexibility index (Phi) is 3.42. The fourth-order valence-corrected chi connectivity index (χ4v) is 1.42. The Hall–Kier alpha value is -0.910. The van der Waals surface area contributed by atoms with Gasteiger partial charge in [0.05, 0.1) is 6.04 Å². The van der Waals surface area contributed by atoms with E-state index in [-0.39, 0.29) is 13.1 Å². The zero-order valence-corrected chi connectivity index (χ0v) is 9.80. The van der Waals surface area contributed by atoms with E-state index in [1.54, 1.807) is 20.8 Å². The first kappa shape index (κ1) is 13.2. The molecule has 1 atom stereocenters. The van der Waals surface area contributed by atoms with Gasteiger partial charge in [-0.3, -0.25) is 0 Å². The highest BCUT2D eigenvalue weighted by atomic mass is 19.3. The second-order valence-electron chi connectivity index (χ2n) is 5.04. The molecule has 1 unspecified atom stereocenters. The SMILES string of the molecule is CC(C)(C)OC(=O)N1CCC(F)(F)C(N)C1. The smallest absolute Gasteiger partial charge is 0.410 e. The van der Waals surface area contributed by atoms with Crippen LogP contribution in [0.5, 0.6) is 0 Å². The van der Waals surface area contributed by atoms with Crippen LogP contribution in [-0.2, 0) is 4.74 Å². The molecule has 0 aromatic rings. The highest BCUT2D eigenvalue weighted by Crippen LogP contribution is 2.27. The number of rotatable bonds is 0. The van der Waals surface area contributed by atoms with Crippen molar-refractivity contribution in [3.8, 4) is 0 Å². The fourth-order valence-electron chi connectivity index (χ4n) is 1.42. The number of alkyl halides is 2. The van der Waals surface area contributed by atoms with E-state index in [4.69, 9.17) is 10.5 Å². The largest absolute Gasteiger partial charge is 0.444 e. The molecular formula is C10H18F2N2O2. The lowest BCUT2D eigenvalue weighted by molar-refractivity contribution is -0.0741. The molecule has 1 aliphatic rings. The van der Waals surface area contributed by atoms with Crippen LogP contribution >= 0.6 is 0 Å². The number of piperidine rings is 1. The van der Waals surface area contributed by atoms with Gasteiger partial charge >= 0.3 is 6.09 Å². The first-order chi connectivity index (χ1) is 7.12. The van der Waals surface area contributed by atoms with Crippen molar-refractivity contribution in [3.63, 3.8) is 0 Å². The summed E-state index contributed by atoms with van der Waals surface area (Å²) in [6.45, 7) is 4.99. The molecule has 1 saturated heterocycles. The molecular weight excluding hydrogens is 218 g/mol. The number of hydrogen-bond donors (Lipinski definition) is 1. The topological polar surface area (TPSA) is 55.6 Å². The van der Waals surface area contributed by atoms with Crippen LogP contribution in [0.1, 0.15) is 27.2 Å². The molecule has 1 aliphatic heterocycles. The van der Waals surface area contributed by atoms with Crippen molar-refractivity contribution in [3.05, 3.63) is 0 Å². The number of halogens is 2. The summed E-state index contributed by atoms with van der Waals surface area (Å²) in [7, 11) is 0. The van der Waals surface area contributed by atoms with Gasteiger partial charge in [-0.15, -0.1) is 0 Å². The number of carbonyl (C=O) groups excluding carboxylic acids is 1. The van der Waals surface area contributed by atoms with E-state index in [2.05, 4.69) is 0 Å². The van der Waals surface area contributed by atoms with E-state index in [9.17, 15) is 13.6 Å². The first-order valence-corrected chi connectivity index (χ1v) is 5.23. The van der Waals surface area contributed by atoms with Crippen molar-refractivity contribution in [1.29, 1.82) is 0 Å². The molecule has 0 spiro atoms. The lowest BCUT2D eigenvalue weighted by Gasteiger charge is -2.36. The molecule has 0 bridgehead atoms. The van der Waals surface area contributed by atoms with Gasteiger partial charge in [-0.05, 0) is 20.8 Å². The van der Waals surface area contributed by atoms with E-state index in [1.165, 1.54) is 4.90 Å². The Balaban J connectivity index is 2.55. The average Bonchev–Trinajstić information content (AvgIpc) is 2.06. The van der Waals surface area contributed by atoms with E-state index >= 15 is 0 Å². The van der Waals surface area contributed by atoms with Crippen molar-refractivity contribution in [2.75, 3.05) is 13.1 Å². The van der Waals surface area contributed by atoms with Crippen LogP contribution in [0.2, 0.25) is 0 Å². The minimum Gasteiger partial charge on any atom is -0.444 e. The number of ether oxygens (including phenoxy) is 1. The highest BCUT2D eigenvalue weighted by Gasteiger charge is 2.43. The molecule has 0 radical (unpaired) electrons. The zero-order chi connectivity index (χ0) is 12.6. The molecule has 1 heterocycles. The minimum atomic E-state index is -2.89. The van der Waals surface area contributed by atoms with Crippen LogP contribution in [0.15, 0.2) is 0 Å². The Morgan fingerprint density at radius 3 is 2.50 bits per heavy atom. The maximum Gasteiger partial charge on any atom is 0.410 e. The molecule has 4 nitrogen and oxygen atoms in total. The summed E-state index contributed by atoms with van der Waals surface area (Å²) < 4.78 is 31.2. The van der Waals surface area contributed by atoms with Crippen LogP contribution in [0.25, 0.3) is 0 Å². The summed E-state index contributed by atoms with van der Waals surface area (Å²) in [4.78, 5) is 12.8. The van der Waals surface area contributed by atoms with Crippen LogP contribution in [0.4, 0.5) is 13.6 Å². The van der Waals surface area contributed by atoms with Crippen molar-refractivity contribution in [1.82, 2.24) is 4.90 Å². The van der Waals surface area contributed by atoms with Gasteiger partial charge in [0.1, 0.15) is 5.60 Å². The summed E-state index contributed by atoms with van der Waals surface area (Å²) in [5.74, 6) is -2.89. The predicted molar refractivity (Wildman–Crippen MR) is 55.3 cm³/mol. The Morgan fingerprint density at radius 1 is 1.50 bits per heavy atom. The van der Waals surface area contributed by atoms with Gasteiger partial charge in [-0.1, -0.05) is 0 Å². The predicted octanol–water partition coefficient (Wildman–Crippen LogP) is 1.59. The number of likely N-dealkylation sites (tertiary alicyclic amines) is 1. The second-order valence-corrected chi connectivity index (χ2v) is 5.04. The van der Waals surface area contributed by atoms with Crippen molar-refractivity contribution in [2.45, 2.75) is 44.8 Å². The molecule has 6 heteroatoms. The van der Waals surface area contributed by atoms with Crippen LogP contribution < -0.4 is 5.73 Å². The lowest BCUT2D eigenvalue weighted by atomic mass is 10.0. The standard InChI is InChI=1S/C10H18F2N2O2/c1-9(2,3)16-8(15)14-5-4-10(11,12)7(13)6-14/h7H,4-6,13H2,1-3H3. The number of hydrogen-bond acceptors (Lipinski definition) is 3. The van der Waals surface area contributed by atoms with Gasteiger partial charge in [0.2, 0.25) is 0 Å². The van der Waals surface area contributed by atoms with Gasteiger partial charge in [0.15, 0.2) is 0 Å². The van der Waals surface area contributed by atoms with Gasteiger partial charge in [-0.25, -0.2) is 13.6 Å². The van der Waals surface area contributed by atoms with E-state index in [1.807, 2.05) is 0 Å². The van der Waals surface area contributed by atoms with Gasteiger partial charge in [0, 0.05) is 19.5 Å². The molecule has 0 saturated carbocycles. The van der Waals surface area contributed by atoms with Crippen molar-refractivity contribution < 1.29 is 18.3 Å². The molecule has 1 fully saturated rings. The summed E-state index contributed by atoms with van der Waals surface area (Å²) in [6.07, 6.45) is -0.994. The Morgan fingerprint density at radius 2 is 2.06 bits per heavy atom. The first-order valence-electron chi connectivity index (χ1n) is 5.23. The molecule has 2 N–H and O–H groups in total. The molecule has 0 aromatic heterocycles. The summed E-state index contributed by atoms with van der Waals surface area (Å²) in [6, 6.07) is -1.31. The van der Waals surface area contributed by atoms with Gasteiger partial charge < -0.3 is 15.4 Å². The second kappa shape index (κ2) is 4.16. The van der Waals surface area contributed by atoms with E-state index < -0.39 is 30.1 Å². The average molecular weight is 236 g/mol. The third-order valence-corrected chi connectivity index (χ3v) is 2.33. The third-order valence-electron chi connectivity index (χ3n) is 2.33. The Labute approximate surface area is 93.7 Å². The summed E-state index contributed by atoms with van der Waals surface area (Å²) in [5, 5.41) is 0. The number of carbonyl (C=O) groups is 1. The number of nitrogens with two attached hydrogens (primary N) is 1. The van der Waals surface area contributed by atoms with Crippen LogP contribution in [0.3, 0.4) is 0 Å². The quantitative estimate of drug-likeness (QED) is 0.695. The number of amides is 1. The molecule has 1 rings (SSSR count). The molecule has 0 aliphatic carbocycles. The summed E-state index contributed by atoms with van der Waals surface area (Å²) >= 11 is 0. The number of nitrogens with zero attached hydrogens (tertiary/aromatic N) is 1. The molecule has 94 valence electrons. The fraction of sp³-hybridized carbons (Fsp3) is 0.900. The van der Waals surface area contributed by atoms with Crippen molar-refractivity contribution >= 4 is 6.09 Å². The highest BCUT2D eigenvalue weighted by molar-refractivity contribution is 5.68. The monoisotopic (exact) mass is 236 g/mol. The zero-order valence-electron chi connectivity index (χ0n) is 9.80. The van der Waals surface area contributed by atoms with Crippen molar-refractivity contribution in [2.24, 2.45) is 5.73 Å². The third kappa shape index (κ3) is 3.30. The molecule has 16 heavy (non-hydrogen) atoms. The van der Waals surface area contributed by atoms with Crippen LogP contribution in [-0.4, -0.2) is 41.6 Å². The van der Waals surface area contributed by atoms with Gasteiger partial charge in [0.25, 0.3) is 5.92 Å². The van der Waals surface area contributed by atoms with E-state index in [0.29, 0.717) is 0 Å². The summed E-state index contributed by atoms with van der Waals surface area (Å²) in [5.41, 5.74) is 4.68. The maximum absolute atomic E-state index is 13.1. The normalized spacial score (nSPS) is 25.4. The van der Waals surface area contributed by atoms with Crippen LogP contribution in [0, 0.1) is 0 Å². The lowest BCUT2D eigenvalue weighted by Crippen LogP contribution is -2.57. The van der Waals surface area contributed by atoms with E-state index in [0.717, 1.165) is 0 Å². The minimum absolute atomic E-state index is 0.0182. The Bertz CT molecular complexity index is 276. The van der Waals surface area contributed by atoms with Gasteiger partial charge in [-0.2, -0.15) is 0 Å². The maximum atomic E-state index is 13.1. The molecule has 0 aromatic carbocycles.